The average Bonchev–Trinajstić information content (AvgIpc) is 2.43. The van der Waals surface area contributed by atoms with E-state index in [4.69, 9.17) is 14.2 Å². The van der Waals surface area contributed by atoms with Crippen LogP contribution in [0, 0.1) is 0 Å². The Morgan fingerprint density at radius 3 is 2.47 bits per heavy atom. The summed E-state index contributed by atoms with van der Waals surface area (Å²) in [7, 11) is 4.53. The normalized spacial score (nSPS) is 17.5. The van der Waals surface area contributed by atoms with E-state index >= 15 is 0 Å². The van der Waals surface area contributed by atoms with Gasteiger partial charge in [-0.25, -0.2) is 0 Å². The van der Waals surface area contributed by atoms with Gasteiger partial charge in [-0.05, 0) is 18.1 Å². The van der Waals surface area contributed by atoms with Crippen molar-refractivity contribution in [1.29, 1.82) is 0 Å². The number of methoxy groups -OCH3 is 3. The third kappa shape index (κ3) is 2.19. The molecule has 0 radical (unpaired) electrons. The minimum Gasteiger partial charge on any atom is -0.493 e. The number of carbonyl (C=O) groups is 1. The molecule has 1 aromatic rings. The minimum absolute atomic E-state index is 0.413. The molecule has 1 aliphatic heterocycles. The lowest BCUT2D eigenvalue weighted by atomic mass is 9.92. The molecule has 1 aromatic carbocycles. The van der Waals surface area contributed by atoms with Gasteiger partial charge in [0, 0.05) is 12.1 Å². The van der Waals surface area contributed by atoms with Crippen LogP contribution in [0.3, 0.4) is 0 Å². The van der Waals surface area contributed by atoms with Gasteiger partial charge in [-0.2, -0.15) is 0 Å². The van der Waals surface area contributed by atoms with Gasteiger partial charge in [0.2, 0.25) is 5.75 Å². The number of aliphatic carboxylic acids is 1. The van der Waals surface area contributed by atoms with Crippen molar-refractivity contribution in [2.75, 3.05) is 27.9 Å². The number of nitrogens with one attached hydrogen (secondary N) is 1. The zero-order chi connectivity index (χ0) is 14.0. The van der Waals surface area contributed by atoms with Gasteiger partial charge in [0.25, 0.3) is 0 Å². The van der Waals surface area contributed by atoms with Gasteiger partial charge in [-0.1, -0.05) is 0 Å². The number of carboxylic acid groups (broad SMARTS) is 1. The van der Waals surface area contributed by atoms with Crippen molar-refractivity contribution in [1.82, 2.24) is 5.32 Å². The van der Waals surface area contributed by atoms with E-state index in [9.17, 15) is 9.90 Å². The molecule has 1 atom stereocenters. The molecule has 0 aliphatic carbocycles. The second kappa shape index (κ2) is 5.36. The molecule has 6 nitrogen and oxygen atoms in total. The highest BCUT2D eigenvalue weighted by Gasteiger charge is 2.32. The zero-order valence-corrected chi connectivity index (χ0v) is 11.1. The molecular formula is C13H17NO5. The number of carboxylic acids is 1. The summed E-state index contributed by atoms with van der Waals surface area (Å²) in [4.78, 5) is 11.3. The maximum absolute atomic E-state index is 11.3. The van der Waals surface area contributed by atoms with E-state index in [2.05, 4.69) is 5.32 Å². The van der Waals surface area contributed by atoms with Crippen LogP contribution in [-0.4, -0.2) is 38.9 Å². The molecule has 0 unspecified atom stereocenters. The fraction of sp³-hybridized carbons (Fsp3) is 0.462. The number of hydrogen-bond donors (Lipinski definition) is 2. The average molecular weight is 267 g/mol. The molecule has 2 N–H and O–H groups in total. The molecule has 0 saturated carbocycles. The van der Waals surface area contributed by atoms with Crippen molar-refractivity contribution in [3.05, 3.63) is 17.2 Å². The van der Waals surface area contributed by atoms with Crippen LogP contribution in [0.15, 0.2) is 6.07 Å². The first-order valence-corrected chi connectivity index (χ1v) is 5.92. The molecule has 0 saturated heterocycles. The fourth-order valence-electron chi connectivity index (χ4n) is 2.42. The third-order valence-corrected chi connectivity index (χ3v) is 3.23. The lowest BCUT2D eigenvalue weighted by Crippen LogP contribution is -2.35. The molecule has 104 valence electrons. The molecule has 0 fully saturated rings. The maximum atomic E-state index is 11.3. The van der Waals surface area contributed by atoms with Crippen LogP contribution in [0.2, 0.25) is 0 Å². The largest absolute Gasteiger partial charge is 0.493 e. The van der Waals surface area contributed by atoms with Crippen LogP contribution in [0.4, 0.5) is 0 Å². The Labute approximate surface area is 111 Å². The zero-order valence-electron chi connectivity index (χ0n) is 11.1. The van der Waals surface area contributed by atoms with Gasteiger partial charge in [-0.15, -0.1) is 0 Å². The second-order valence-electron chi connectivity index (χ2n) is 4.19. The van der Waals surface area contributed by atoms with E-state index < -0.39 is 12.0 Å². The molecule has 0 amide bonds. The summed E-state index contributed by atoms with van der Waals surface area (Å²) in [6.45, 7) is 0.600. The summed E-state index contributed by atoms with van der Waals surface area (Å²) >= 11 is 0. The molecular weight excluding hydrogens is 250 g/mol. The Hall–Kier alpha value is -1.95. The second-order valence-corrected chi connectivity index (χ2v) is 4.19. The predicted octanol–water partition coefficient (Wildman–Crippen LogP) is 0.984. The molecule has 19 heavy (non-hydrogen) atoms. The summed E-state index contributed by atoms with van der Waals surface area (Å²) < 4.78 is 15.9. The van der Waals surface area contributed by atoms with Gasteiger partial charge in [0.15, 0.2) is 11.5 Å². The van der Waals surface area contributed by atoms with Crippen LogP contribution < -0.4 is 19.5 Å². The van der Waals surface area contributed by atoms with Crippen molar-refractivity contribution in [2.24, 2.45) is 0 Å². The van der Waals surface area contributed by atoms with Gasteiger partial charge < -0.3 is 24.6 Å². The maximum Gasteiger partial charge on any atom is 0.325 e. The Morgan fingerprint density at radius 2 is 1.95 bits per heavy atom. The first-order valence-electron chi connectivity index (χ1n) is 5.92. The SMILES string of the molecule is COc1cc2c(c(OC)c1OC)[C@H](C(=O)O)NCC2. The molecule has 0 aromatic heterocycles. The third-order valence-electron chi connectivity index (χ3n) is 3.23. The number of fused-ring (bicyclic) bond motifs is 1. The minimum atomic E-state index is -0.938. The van der Waals surface area contributed by atoms with E-state index in [0.29, 0.717) is 29.4 Å². The lowest BCUT2D eigenvalue weighted by molar-refractivity contribution is -0.139. The molecule has 0 spiro atoms. The van der Waals surface area contributed by atoms with Gasteiger partial charge >= 0.3 is 5.97 Å². The number of benzene rings is 1. The summed E-state index contributed by atoms with van der Waals surface area (Å²) in [5, 5.41) is 12.3. The molecule has 2 rings (SSSR count). The topological polar surface area (TPSA) is 77.0 Å². The van der Waals surface area contributed by atoms with Gasteiger partial charge in [0.1, 0.15) is 6.04 Å². The van der Waals surface area contributed by atoms with E-state index in [1.807, 2.05) is 6.07 Å². The number of ether oxygens (including phenoxy) is 3. The van der Waals surface area contributed by atoms with Crippen LogP contribution in [0.1, 0.15) is 17.2 Å². The lowest BCUT2D eigenvalue weighted by Gasteiger charge is -2.27. The number of hydrogen-bond acceptors (Lipinski definition) is 5. The van der Waals surface area contributed by atoms with Crippen LogP contribution in [-0.2, 0) is 11.2 Å². The Morgan fingerprint density at radius 1 is 1.26 bits per heavy atom. The first-order chi connectivity index (χ1) is 9.13. The van der Waals surface area contributed by atoms with Crippen molar-refractivity contribution < 1.29 is 24.1 Å². The molecule has 6 heteroatoms. The van der Waals surface area contributed by atoms with E-state index in [0.717, 1.165) is 12.0 Å². The fourth-order valence-corrected chi connectivity index (χ4v) is 2.42. The summed E-state index contributed by atoms with van der Waals surface area (Å²) in [5.74, 6) is 0.436. The Balaban J connectivity index is 2.68. The molecule has 1 heterocycles. The highest BCUT2D eigenvalue weighted by atomic mass is 16.5. The summed E-state index contributed by atoms with van der Waals surface area (Å²) in [5.41, 5.74) is 1.51. The first kappa shape index (κ1) is 13.5. The van der Waals surface area contributed by atoms with Crippen molar-refractivity contribution in [3.8, 4) is 17.2 Å². The molecule has 1 aliphatic rings. The highest BCUT2D eigenvalue weighted by Crippen LogP contribution is 2.45. The van der Waals surface area contributed by atoms with Crippen molar-refractivity contribution in [3.63, 3.8) is 0 Å². The van der Waals surface area contributed by atoms with Crippen LogP contribution in [0.25, 0.3) is 0 Å². The number of rotatable bonds is 4. The highest BCUT2D eigenvalue weighted by molar-refractivity contribution is 5.79. The van der Waals surface area contributed by atoms with Gasteiger partial charge in [0.05, 0.1) is 21.3 Å². The van der Waals surface area contributed by atoms with Crippen molar-refractivity contribution >= 4 is 5.97 Å². The van der Waals surface area contributed by atoms with E-state index in [1.54, 1.807) is 7.11 Å². The van der Waals surface area contributed by atoms with E-state index in [-0.39, 0.29) is 0 Å². The summed E-state index contributed by atoms with van der Waals surface area (Å²) in [6.07, 6.45) is 0.718. The van der Waals surface area contributed by atoms with E-state index in [1.165, 1.54) is 14.2 Å². The Bertz CT molecular complexity index is 500. The van der Waals surface area contributed by atoms with Crippen LogP contribution in [0.5, 0.6) is 17.2 Å². The van der Waals surface area contributed by atoms with Crippen LogP contribution >= 0.6 is 0 Å². The quantitative estimate of drug-likeness (QED) is 0.847. The van der Waals surface area contributed by atoms with Gasteiger partial charge in [-0.3, -0.25) is 4.79 Å². The Kier molecular flexibility index (Phi) is 3.80. The smallest absolute Gasteiger partial charge is 0.325 e. The predicted molar refractivity (Wildman–Crippen MR) is 68.2 cm³/mol. The standard InChI is InChI=1S/C13H17NO5/c1-17-8-6-7-4-5-14-10(13(15)16)9(7)12(19-3)11(8)18-2/h6,10,14H,4-5H2,1-3H3,(H,15,16)/t10-/m1/s1. The monoisotopic (exact) mass is 267 g/mol. The molecule has 0 bridgehead atoms. The summed E-state index contributed by atoms with van der Waals surface area (Å²) in [6, 6.07) is 1.02. The van der Waals surface area contributed by atoms with Crippen molar-refractivity contribution in [2.45, 2.75) is 12.5 Å².